The van der Waals surface area contributed by atoms with Gasteiger partial charge in [-0.3, -0.25) is 4.79 Å². The molecule has 6 nitrogen and oxygen atoms in total. The van der Waals surface area contributed by atoms with E-state index in [1.54, 1.807) is 4.68 Å². The Balaban J connectivity index is 1.43. The first kappa shape index (κ1) is 17.5. The molecular weight excluding hydrogens is 346 g/mol. The van der Waals surface area contributed by atoms with Crippen molar-refractivity contribution in [3.63, 3.8) is 0 Å². The summed E-state index contributed by atoms with van der Waals surface area (Å²) >= 11 is 1.43. The number of fused-ring (bicyclic) bond motifs is 1. The van der Waals surface area contributed by atoms with Gasteiger partial charge in [-0.05, 0) is 66.6 Å². The van der Waals surface area contributed by atoms with Crippen molar-refractivity contribution in [1.29, 1.82) is 0 Å². The van der Waals surface area contributed by atoms with Crippen LogP contribution in [0, 0.1) is 12.8 Å². The molecule has 1 aliphatic heterocycles. The van der Waals surface area contributed by atoms with E-state index in [9.17, 15) is 4.79 Å². The number of amides is 1. The van der Waals surface area contributed by atoms with Crippen LogP contribution in [0.3, 0.4) is 0 Å². The lowest BCUT2D eigenvalue weighted by atomic mass is 9.78. The van der Waals surface area contributed by atoms with E-state index in [1.165, 1.54) is 43.9 Å². The Morgan fingerprint density at radius 3 is 2.96 bits per heavy atom. The molecule has 1 saturated heterocycles. The van der Waals surface area contributed by atoms with Crippen molar-refractivity contribution in [1.82, 2.24) is 25.1 Å². The van der Waals surface area contributed by atoms with Gasteiger partial charge in [-0.2, -0.15) is 4.68 Å². The number of benzene rings is 1. The monoisotopic (exact) mass is 371 g/mol. The van der Waals surface area contributed by atoms with Crippen molar-refractivity contribution in [2.75, 3.05) is 12.3 Å². The molecule has 2 unspecified atom stereocenters. The molecule has 0 N–H and O–H groups in total. The van der Waals surface area contributed by atoms with E-state index in [0.717, 1.165) is 24.2 Å². The molecule has 2 aliphatic rings. The van der Waals surface area contributed by atoms with E-state index in [1.807, 2.05) is 31.2 Å². The summed E-state index contributed by atoms with van der Waals surface area (Å²) < 4.78 is 1.71. The fourth-order valence-corrected chi connectivity index (χ4v) is 5.11. The summed E-state index contributed by atoms with van der Waals surface area (Å²) in [7, 11) is 0. The zero-order chi connectivity index (χ0) is 17.9. The van der Waals surface area contributed by atoms with Gasteiger partial charge in [-0.1, -0.05) is 36.7 Å². The number of hydrogen-bond acceptors (Lipinski definition) is 5. The van der Waals surface area contributed by atoms with Gasteiger partial charge in [0.15, 0.2) is 0 Å². The molecular formula is C19H25N5OS. The highest BCUT2D eigenvalue weighted by Crippen LogP contribution is 2.35. The highest BCUT2D eigenvalue weighted by Gasteiger charge is 2.35. The topological polar surface area (TPSA) is 63.9 Å². The van der Waals surface area contributed by atoms with Crippen LogP contribution in [0.5, 0.6) is 0 Å². The minimum atomic E-state index is 0.227. The van der Waals surface area contributed by atoms with E-state index in [-0.39, 0.29) is 5.91 Å². The highest BCUT2D eigenvalue weighted by molar-refractivity contribution is 7.99. The van der Waals surface area contributed by atoms with Crippen LogP contribution >= 0.6 is 11.8 Å². The third kappa shape index (κ3) is 3.63. The molecule has 1 amide bonds. The van der Waals surface area contributed by atoms with Crippen LogP contribution in [-0.2, 0) is 4.79 Å². The third-order valence-corrected chi connectivity index (χ3v) is 6.48. The summed E-state index contributed by atoms with van der Waals surface area (Å²) in [5.74, 6) is 1.34. The zero-order valence-electron chi connectivity index (χ0n) is 15.2. The lowest BCUT2D eigenvalue weighted by Gasteiger charge is -2.44. The van der Waals surface area contributed by atoms with Crippen LogP contribution < -0.4 is 0 Å². The molecule has 2 fully saturated rings. The lowest BCUT2D eigenvalue weighted by Crippen LogP contribution is -2.50. The van der Waals surface area contributed by atoms with Gasteiger partial charge in [-0.25, -0.2) is 0 Å². The van der Waals surface area contributed by atoms with Crippen molar-refractivity contribution < 1.29 is 4.79 Å². The van der Waals surface area contributed by atoms with Gasteiger partial charge < -0.3 is 4.90 Å². The largest absolute Gasteiger partial charge is 0.339 e. The van der Waals surface area contributed by atoms with Crippen LogP contribution in [0.2, 0.25) is 0 Å². The van der Waals surface area contributed by atoms with Crippen LogP contribution in [0.4, 0.5) is 0 Å². The van der Waals surface area contributed by atoms with Gasteiger partial charge in [0.2, 0.25) is 11.1 Å². The number of carbonyl (C=O) groups is 1. The Bertz CT molecular complexity index is 775. The molecule has 1 aromatic heterocycles. The van der Waals surface area contributed by atoms with Crippen LogP contribution in [-0.4, -0.2) is 49.4 Å². The van der Waals surface area contributed by atoms with Gasteiger partial charge in [0.1, 0.15) is 0 Å². The predicted octanol–water partition coefficient (Wildman–Crippen LogP) is 3.24. The molecule has 1 saturated carbocycles. The third-order valence-electron chi connectivity index (χ3n) is 5.58. The summed E-state index contributed by atoms with van der Waals surface area (Å²) in [6.45, 7) is 2.95. The average Bonchev–Trinajstić information content (AvgIpc) is 3.14. The fraction of sp³-hybridized carbons (Fsp3) is 0.579. The number of piperidine rings is 1. The molecule has 0 bridgehead atoms. The first-order chi connectivity index (χ1) is 12.7. The molecule has 26 heavy (non-hydrogen) atoms. The molecule has 138 valence electrons. The molecule has 0 spiro atoms. The Hall–Kier alpha value is -1.89. The molecule has 1 aromatic carbocycles. The van der Waals surface area contributed by atoms with E-state index in [0.29, 0.717) is 22.9 Å². The molecule has 4 rings (SSSR count). The second kappa shape index (κ2) is 7.78. The quantitative estimate of drug-likeness (QED) is 0.772. The highest BCUT2D eigenvalue weighted by atomic mass is 32.2. The molecule has 1 aliphatic carbocycles. The average molecular weight is 372 g/mol. The van der Waals surface area contributed by atoms with Crippen LogP contribution in [0.1, 0.15) is 44.1 Å². The second-order valence-electron chi connectivity index (χ2n) is 7.34. The summed E-state index contributed by atoms with van der Waals surface area (Å²) in [5.41, 5.74) is 2.08. The van der Waals surface area contributed by atoms with Crippen LogP contribution in [0.15, 0.2) is 29.4 Å². The summed E-state index contributed by atoms with van der Waals surface area (Å²) in [5, 5.41) is 12.7. The SMILES string of the molecule is Cc1cccc(-n2nnnc2SCC(=O)N2CCCC3CCCCC32)c1. The maximum atomic E-state index is 12.9. The maximum Gasteiger partial charge on any atom is 0.233 e. The minimum absolute atomic E-state index is 0.227. The number of tetrazole rings is 1. The van der Waals surface area contributed by atoms with Gasteiger partial charge >= 0.3 is 0 Å². The fourth-order valence-electron chi connectivity index (χ4n) is 4.33. The predicted molar refractivity (Wildman–Crippen MR) is 101 cm³/mol. The normalized spacial score (nSPS) is 22.9. The minimum Gasteiger partial charge on any atom is -0.339 e. The van der Waals surface area contributed by atoms with Gasteiger partial charge in [0.05, 0.1) is 11.4 Å². The van der Waals surface area contributed by atoms with E-state index >= 15 is 0 Å². The first-order valence-electron chi connectivity index (χ1n) is 9.50. The van der Waals surface area contributed by atoms with Crippen molar-refractivity contribution in [3.8, 4) is 5.69 Å². The van der Waals surface area contributed by atoms with E-state index in [4.69, 9.17) is 0 Å². The molecule has 7 heteroatoms. The van der Waals surface area contributed by atoms with Gasteiger partial charge in [0, 0.05) is 12.6 Å². The number of aromatic nitrogens is 4. The van der Waals surface area contributed by atoms with E-state index < -0.39 is 0 Å². The van der Waals surface area contributed by atoms with E-state index in [2.05, 4.69) is 20.4 Å². The van der Waals surface area contributed by atoms with Crippen molar-refractivity contribution >= 4 is 17.7 Å². The Morgan fingerprint density at radius 1 is 1.23 bits per heavy atom. The number of likely N-dealkylation sites (tertiary alicyclic amines) is 1. The summed E-state index contributed by atoms with van der Waals surface area (Å²) in [4.78, 5) is 15.0. The zero-order valence-corrected chi connectivity index (χ0v) is 16.0. The van der Waals surface area contributed by atoms with Crippen molar-refractivity contribution in [3.05, 3.63) is 29.8 Å². The summed E-state index contributed by atoms with van der Waals surface area (Å²) in [6, 6.07) is 8.51. The Kier molecular flexibility index (Phi) is 5.24. The standard InChI is InChI=1S/C19H25N5OS/c1-14-6-4-9-16(12-14)24-19(20-21-22-24)26-13-18(25)23-11-5-8-15-7-2-3-10-17(15)23/h4,6,9,12,15,17H,2-3,5,7-8,10-11,13H2,1H3. The smallest absolute Gasteiger partial charge is 0.233 e. The molecule has 2 heterocycles. The lowest BCUT2D eigenvalue weighted by molar-refractivity contribution is -0.134. The van der Waals surface area contributed by atoms with Crippen LogP contribution in [0.25, 0.3) is 5.69 Å². The first-order valence-corrected chi connectivity index (χ1v) is 10.5. The second-order valence-corrected chi connectivity index (χ2v) is 8.28. The van der Waals surface area contributed by atoms with Crippen molar-refractivity contribution in [2.45, 2.75) is 56.6 Å². The molecule has 0 radical (unpaired) electrons. The van der Waals surface area contributed by atoms with Crippen molar-refractivity contribution in [2.24, 2.45) is 5.92 Å². The van der Waals surface area contributed by atoms with Gasteiger partial charge in [0.25, 0.3) is 0 Å². The number of rotatable bonds is 4. The number of carbonyl (C=O) groups excluding carboxylic acids is 1. The Labute approximate surface area is 158 Å². The number of aryl methyl sites for hydroxylation is 1. The Morgan fingerprint density at radius 2 is 2.08 bits per heavy atom. The molecule has 2 atom stereocenters. The number of thioether (sulfide) groups is 1. The summed E-state index contributed by atoms with van der Waals surface area (Å²) in [6.07, 6.45) is 7.45. The number of hydrogen-bond donors (Lipinski definition) is 0. The number of nitrogens with zero attached hydrogens (tertiary/aromatic N) is 5. The van der Waals surface area contributed by atoms with Gasteiger partial charge in [-0.15, -0.1) is 5.10 Å². The molecule has 2 aromatic rings. The maximum absolute atomic E-state index is 12.9.